The smallest absolute Gasteiger partial charge is 0.410 e. The van der Waals surface area contributed by atoms with Gasteiger partial charge in [-0.15, -0.1) is 0 Å². The number of allylic oxidation sites excluding steroid dienone is 4. The lowest BCUT2D eigenvalue weighted by Crippen LogP contribution is -2.67. The average Bonchev–Trinajstić information content (AvgIpc) is 3.44. The molecular weight excluding hydrogens is 745 g/mol. The van der Waals surface area contributed by atoms with Gasteiger partial charge in [0.25, 0.3) is 0 Å². The van der Waals surface area contributed by atoms with Crippen molar-refractivity contribution in [2.45, 2.75) is 155 Å². The van der Waals surface area contributed by atoms with Crippen LogP contribution < -0.4 is 0 Å². The molecule has 1 aromatic carbocycles. The normalized spacial score (nSPS) is 47.7. The first kappa shape index (κ1) is 40.5. The Morgan fingerprint density at radius 1 is 0.831 bits per heavy atom. The molecule has 322 valence electrons. The Morgan fingerprint density at radius 2 is 1.49 bits per heavy atom. The number of rotatable bonds is 8. The van der Waals surface area contributed by atoms with Crippen LogP contribution in [0.1, 0.15) is 148 Å². The molecule has 2 spiro atoms. The van der Waals surface area contributed by atoms with E-state index in [9.17, 15) is 28.6 Å². The standard InChI is InChI=1S/C51H69F2NO5/c1-30(2)37-8-6-31(3)18-41(37)59-45(57)54(28-48-23-32-19-33(24-48)21-34(20-32)25-48)29-50(58)15-12-43-47(50,5)14-11-42-46(4)13-10-36(55)26-49(46)16-17-51(42,43)38(27-49)44(56)35-7-9-39(52)40(53)22-35/h7,9,16-17,22,27,30-34,36-37,41-43,55,58H,6,8,10-15,18-21,23-26,28-29H2,1-5H3/t31-,32?,33?,34?,36?,37+,41-,42+,43+,46+,47-,48?,49-,50+,51+/m0/s1. The Labute approximate surface area is 351 Å². The van der Waals surface area contributed by atoms with Gasteiger partial charge in [0.1, 0.15) is 6.10 Å². The van der Waals surface area contributed by atoms with E-state index in [-0.39, 0.29) is 52.8 Å². The Bertz CT molecular complexity index is 1920. The molecule has 0 aromatic heterocycles. The van der Waals surface area contributed by atoms with E-state index in [4.69, 9.17) is 4.74 Å². The second kappa shape index (κ2) is 13.7. The van der Waals surface area contributed by atoms with Crippen molar-refractivity contribution in [3.05, 3.63) is 59.2 Å². The third-order valence-electron chi connectivity index (χ3n) is 19.8. The summed E-state index contributed by atoms with van der Waals surface area (Å²) in [6.07, 6.45) is 21.0. The summed E-state index contributed by atoms with van der Waals surface area (Å²) in [6.45, 7) is 12.2. The molecule has 1 amide bonds. The predicted octanol–water partition coefficient (Wildman–Crippen LogP) is 10.9. The maximum atomic E-state index is 15.0. The van der Waals surface area contributed by atoms with Gasteiger partial charge in [-0.05, 0) is 173 Å². The Kier molecular flexibility index (Phi) is 9.41. The number of ketones is 1. The van der Waals surface area contributed by atoms with Gasteiger partial charge in [-0.1, -0.05) is 59.3 Å². The third-order valence-corrected chi connectivity index (χ3v) is 19.8. The van der Waals surface area contributed by atoms with Crippen LogP contribution >= 0.6 is 0 Å². The number of ether oxygens (including phenoxy) is 1. The molecule has 8 fully saturated rings. The molecule has 2 N–H and O–H groups in total. The summed E-state index contributed by atoms with van der Waals surface area (Å²) in [7, 11) is 0. The largest absolute Gasteiger partial charge is 0.446 e. The molecule has 11 atom stereocenters. The van der Waals surface area contributed by atoms with Crippen LogP contribution in [0.25, 0.3) is 0 Å². The second-order valence-electron chi connectivity index (χ2n) is 23.3. The zero-order valence-electron chi connectivity index (χ0n) is 36.3. The monoisotopic (exact) mass is 814 g/mol. The minimum atomic E-state index is -1.23. The molecule has 6 nitrogen and oxygen atoms in total. The molecule has 12 rings (SSSR count). The van der Waals surface area contributed by atoms with Crippen LogP contribution in [0, 0.1) is 86.1 Å². The topological polar surface area (TPSA) is 87.1 Å². The molecule has 11 aliphatic rings. The van der Waals surface area contributed by atoms with Gasteiger partial charge in [0.05, 0.1) is 18.2 Å². The molecule has 0 radical (unpaired) electrons. The molecule has 1 unspecified atom stereocenters. The number of hydrogen-bond acceptors (Lipinski definition) is 5. The lowest BCUT2D eigenvalue weighted by molar-refractivity contribution is -0.177. The van der Waals surface area contributed by atoms with Crippen LogP contribution in [0.4, 0.5) is 13.6 Å². The Hall–Kier alpha value is -2.58. The van der Waals surface area contributed by atoms with Crippen molar-refractivity contribution < 1.29 is 33.3 Å². The molecule has 11 aliphatic carbocycles. The van der Waals surface area contributed by atoms with Crippen LogP contribution in [0.15, 0.2) is 42.0 Å². The van der Waals surface area contributed by atoms with Gasteiger partial charge in [0.2, 0.25) is 0 Å². The molecule has 6 bridgehead atoms. The summed E-state index contributed by atoms with van der Waals surface area (Å²) in [4.78, 5) is 31.9. The van der Waals surface area contributed by atoms with Crippen LogP contribution in [-0.2, 0) is 4.74 Å². The van der Waals surface area contributed by atoms with Crippen molar-refractivity contribution in [3.63, 3.8) is 0 Å². The number of amides is 1. The molecule has 8 saturated carbocycles. The number of nitrogens with zero attached hydrogens (tertiary/aromatic N) is 1. The fraction of sp³-hybridized carbons (Fsp3) is 0.765. The number of fused-ring (bicyclic) bond motifs is 1. The number of benzene rings is 1. The maximum absolute atomic E-state index is 15.0. The fourth-order valence-corrected chi connectivity index (χ4v) is 17.2. The minimum Gasteiger partial charge on any atom is -0.446 e. The summed E-state index contributed by atoms with van der Waals surface area (Å²) >= 11 is 0. The van der Waals surface area contributed by atoms with Crippen LogP contribution in [0.3, 0.4) is 0 Å². The summed E-state index contributed by atoms with van der Waals surface area (Å²) in [6, 6.07) is 3.46. The number of aliphatic hydroxyl groups excluding tert-OH is 1. The van der Waals surface area contributed by atoms with Gasteiger partial charge in [-0.2, -0.15) is 0 Å². The van der Waals surface area contributed by atoms with Crippen molar-refractivity contribution in [1.82, 2.24) is 4.90 Å². The van der Waals surface area contributed by atoms with Crippen LogP contribution in [-0.4, -0.2) is 57.9 Å². The van der Waals surface area contributed by atoms with E-state index in [1.807, 2.05) is 4.90 Å². The van der Waals surface area contributed by atoms with Crippen molar-refractivity contribution in [2.24, 2.45) is 74.4 Å². The van der Waals surface area contributed by atoms with Gasteiger partial charge in [0, 0.05) is 33.9 Å². The quantitative estimate of drug-likeness (QED) is 0.202. The Morgan fingerprint density at radius 3 is 2.17 bits per heavy atom. The summed E-state index contributed by atoms with van der Waals surface area (Å²) in [5.74, 6) is 1.02. The number of halogens is 2. The van der Waals surface area contributed by atoms with E-state index in [0.717, 1.165) is 87.7 Å². The van der Waals surface area contributed by atoms with Gasteiger partial charge in [0.15, 0.2) is 17.4 Å². The lowest BCUT2D eigenvalue weighted by atomic mass is 9.32. The van der Waals surface area contributed by atoms with Gasteiger partial charge in [-0.25, -0.2) is 13.6 Å². The predicted molar refractivity (Wildman–Crippen MR) is 223 cm³/mol. The van der Waals surface area contributed by atoms with Crippen molar-refractivity contribution >= 4 is 11.9 Å². The number of carbonyl (C=O) groups is 2. The van der Waals surface area contributed by atoms with E-state index in [1.54, 1.807) is 0 Å². The molecular formula is C51H69F2NO5. The highest BCUT2D eigenvalue weighted by Crippen LogP contribution is 2.78. The molecule has 8 heteroatoms. The first-order chi connectivity index (χ1) is 27.9. The van der Waals surface area contributed by atoms with Crippen molar-refractivity contribution in [1.29, 1.82) is 0 Å². The van der Waals surface area contributed by atoms with E-state index in [0.29, 0.717) is 55.6 Å². The molecule has 59 heavy (non-hydrogen) atoms. The maximum Gasteiger partial charge on any atom is 0.410 e. The lowest BCUT2D eigenvalue weighted by Gasteiger charge is -2.71. The highest BCUT2D eigenvalue weighted by molar-refractivity contribution is 6.10. The van der Waals surface area contributed by atoms with Crippen LogP contribution in [0.5, 0.6) is 0 Å². The van der Waals surface area contributed by atoms with Gasteiger partial charge >= 0.3 is 6.09 Å². The van der Waals surface area contributed by atoms with Gasteiger partial charge < -0.3 is 19.8 Å². The van der Waals surface area contributed by atoms with E-state index in [2.05, 4.69) is 52.8 Å². The number of aliphatic hydroxyl groups is 2. The van der Waals surface area contributed by atoms with Gasteiger partial charge in [-0.3, -0.25) is 4.79 Å². The zero-order valence-corrected chi connectivity index (χ0v) is 36.3. The first-order valence-electron chi connectivity index (χ1n) is 23.7. The summed E-state index contributed by atoms with van der Waals surface area (Å²) < 4.78 is 35.7. The summed E-state index contributed by atoms with van der Waals surface area (Å²) in [5.41, 5.74) is -2.59. The summed E-state index contributed by atoms with van der Waals surface area (Å²) in [5, 5.41) is 24.6. The van der Waals surface area contributed by atoms with Crippen molar-refractivity contribution in [2.75, 3.05) is 13.1 Å². The van der Waals surface area contributed by atoms with E-state index < -0.39 is 39.6 Å². The first-order valence-corrected chi connectivity index (χ1v) is 23.7. The highest BCUT2D eigenvalue weighted by atomic mass is 19.2. The zero-order chi connectivity index (χ0) is 41.5. The number of Topliss-reactive ketones (excluding diaryl/α,β-unsaturated/α-hetero) is 1. The number of carbonyl (C=O) groups excluding carboxylic acids is 2. The van der Waals surface area contributed by atoms with E-state index in [1.165, 1.54) is 25.3 Å². The molecule has 0 aliphatic heterocycles. The Balaban J connectivity index is 1.02. The molecule has 1 aromatic rings. The second-order valence-corrected chi connectivity index (χ2v) is 23.3. The third kappa shape index (κ3) is 5.92. The fourth-order valence-electron chi connectivity index (χ4n) is 17.2. The molecule has 0 saturated heterocycles. The number of hydrogen-bond donors (Lipinski definition) is 2. The SMILES string of the molecule is CC(C)[C@H]1CC[C@H](C)C[C@@H]1OC(=O)N(CC12CC3CC(CC(C3)C1)C2)C[C@]1(O)CC[C@H]2[C@]34C=C[C@@]5(C=C3C(=O)c3ccc(F)c(F)c3)CC(O)CC[C@]5(C)[C@H]4CC[C@@]21C. The van der Waals surface area contributed by atoms with E-state index >= 15 is 0 Å². The molecule has 0 heterocycles. The van der Waals surface area contributed by atoms with Crippen molar-refractivity contribution in [3.8, 4) is 0 Å². The highest BCUT2D eigenvalue weighted by Gasteiger charge is 2.75. The average molecular weight is 814 g/mol. The minimum absolute atomic E-state index is 0.0579. The van der Waals surface area contributed by atoms with Crippen LogP contribution in [0.2, 0.25) is 0 Å².